The molecule has 0 unspecified atom stereocenters. The minimum Gasteiger partial charge on any atom is -0.463 e. The van der Waals surface area contributed by atoms with Crippen LogP contribution in [-0.4, -0.2) is 20.7 Å². The number of carbonyl (C=O) groups is 1. The molecule has 0 spiro atoms. The third-order valence-electron chi connectivity index (χ3n) is 4.19. The molecule has 0 radical (unpaired) electrons. The monoisotopic (exact) mass is 324 g/mol. The second kappa shape index (κ2) is 6.31. The maximum absolute atomic E-state index is 12.5. The molecule has 0 fully saturated rings. The van der Waals surface area contributed by atoms with Crippen molar-refractivity contribution in [3.05, 3.63) is 58.7 Å². The number of nitrogens with one attached hydrogen (secondary N) is 1. The number of pyridine rings is 1. The molecule has 0 saturated heterocycles. The summed E-state index contributed by atoms with van der Waals surface area (Å²) in [5.41, 5.74) is 4.97. The zero-order chi connectivity index (χ0) is 17.3. The van der Waals surface area contributed by atoms with Gasteiger partial charge in [-0.1, -0.05) is 0 Å². The van der Waals surface area contributed by atoms with Crippen LogP contribution < -0.4 is 5.32 Å². The maximum Gasteiger partial charge on any atom is 0.253 e. The lowest BCUT2D eigenvalue weighted by atomic mass is 10.1. The van der Waals surface area contributed by atoms with E-state index in [1.807, 2.05) is 44.6 Å². The van der Waals surface area contributed by atoms with Crippen molar-refractivity contribution in [3.63, 3.8) is 0 Å². The van der Waals surface area contributed by atoms with Gasteiger partial charge in [-0.2, -0.15) is 5.10 Å². The summed E-state index contributed by atoms with van der Waals surface area (Å²) in [6, 6.07) is 7.22. The fraction of sp³-hybridized carbons (Fsp3) is 0.278. The summed E-state index contributed by atoms with van der Waals surface area (Å²) >= 11 is 0. The van der Waals surface area contributed by atoms with Crippen molar-refractivity contribution in [3.8, 4) is 11.5 Å². The smallest absolute Gasteiger partial charge is 0.253 e. The molecule has 6 heteroatoms. The van der Waals surface area contributed by atoms with Crippen molar-refractivity contribution >= 4 is 5.91 Å². The Morgan fingerprint density at radius 3 is 2.58 bits per heavy atom. The minimum absolute atomic E-state index is 0.145. The van der Waals surface area contributed by atoms with Crippen molar-refractivity contribution in [1.82, 2.24) is 20.1 Å². The molecular weight excluding hydrogens is 304 g/mol. The van der Waals surface area contributed by atoms with Gasteiger partial charge in [-0.05, 0) is 45.0 Å². The van der Waals surface area contributed by atoms with Gasteiger partial charge in [0.05, 0.1) is 23.2 Å². The van der Waals surface area contributed by atoms with Crippen LogP contribution in [-0.2, 0) is 13.6 Å². The average molecular weight is 324 g/mol. The van der Waals surface area contributed by atoms with Crippen LogP contribution in [0.3, 0.4) is 0 Å². The maximum atomic E-state index is 12.5. The van der Waals surface area contributed by atoms with Crippen LogP contribution in [0.15, 0.2) is 34.9 Å². The second-order valence-electron chi connectivity index (χ2n) is 5.76. The highest BCUT2D eigenvalue weighted by Gasteiger charge is 2.14. The van der Waals surface area contributed by atoms with E-state index in [4.69, 9.17) is 4.42 Å². The Kier molecular flexibility index (Phi) is 4.20. The van der Waals surface area contributed by atoms with E-state index >= 15 is 0 Å². The molecule has 0 aromatic carbocycles. The summed E-state index contributed by atoms with van der Waals surface area (Å²) in [7, 11) is 1.90. The number of nitrogens with zero attached hydrogens (tertiary/aromatic N) is 3. The number of hydrogen-bond acceptors (Lipinski definition) is 4. The van der Waals surface area contributed by atoms with E-state index in [0.29, 0.717) is 29.3 Å². The Balaban J connectivity index is 1.75. The summed E-state index contributed by atoms with van der Waals surface area (Å²) < 4.78 is 7.16. The van der Waals surface area contributed by atoms with Gasteiger partial charge in [0.2, 0.25) is 0 Å². The first kappa shape index (κ1) is 16.0. The van der Waals surface area contributed by atoms with E-state index in [0.717, 1.165) is 17.0 Å². The highest BCUT2D eigenvalue weighted by molar-refractivity contribution is 5.95. The Morgan fingerprint density at radius 2 is 2.00 bits per heavy atom. The number of hydrogen-bond donors (Lipinski definition) is 1. The fourth-order valence-corrected chi connectivity index (χ4v) is 2.70. The lowest BCUT2D eigenvalue weighted by Gasteiger charge is -2.09. The van der Waals surface area contributed by atoms with Crippen molar-refractivity contribution in [2.75, 3.05) is 0 Å². The SMILES string of the molecule is Cc1nc(-c2ccco2)ccc1C(=O)NCc1c(C)nn(C)c1C. The second-order valence-corrected chi connectivity index (χ2v) is 5.76. The van der Waals surface area contributed by atoms with E-state index in [1.165, 1.54) is 0 Å². The van der Waals surface area contributed by atoms with E-state index in [1.54, 1.807) is 18.4 Å². The Morgan fingerprint density at radius 1 is 1.21 bits per heavy atom. The van der Waals surface area contributed by atoms with Crippen molar-refractivity contribution in [1.29, 1.82) is 0 Å². The standard InChI is InChI=1S/C18H20N4O2/c1-11-14(7-8-16(20-11)17-6-5-9-24-17)18(23)19-10-15-12(2)21-22(4)13(15)3/h5-9H,10H2,1-4H3,(H,19,23). The first-order valence-electron chi connectivity index (χ1n) is 7.76. The van der Waals surface area contributed by atoms with Gasteiger partial charge < -0.3 is 9.73 Å². The summed E-state index contributed by atoms with van der Waals surface area (Å²) in [5, 5.41) is 7.31. The van der Waals surface area contributed by atoms with Crippen molar-refractivity contribution in [2.45, 2.75) is 27.3 Å². The number of aryl methyl sites for hydroxylation is 3. The largest absolute Gasteiger partial charge is 0.463 e. The first-order chi connectivity index (χ1) is 11.5. The van der Waals surface area contributed by atoms with Crippen LogP contribution in [0.2, 0.25) is 0 Å². The van der Waals surface area contributed by atoms with Crippen LogP contribution in [0, 0.1) is 20.8 Å². The Bertz CT molecular complexity index is 879. The van der Waals surface area contributed by atoms with Gasteiger partial charge in [0, 0.05) is 24.8 Å². The molecule has 24 heavy (non-hydrogen) atoms. The van der Waals surface area contributed by atoms with Gasteiger partial charge in [-0.15, -0.1) is 0 Å². The molecule has 6 nitrogen and oxygen atoms in total. The Labute approximate surface area is 140 Å². The van der Waals surface area contributed by atoms with E-state index in [2.05, 4.69) is 15.4 Å². The lowest BCUT2D eigenvalue weighted by molar-refractivity contribution is 0.0950. The molecule has 3 aromatic heterocycles. The number of carbonyl (C=O) groups excluding carboxylic acids is 1. The number of aromatic nitrogens is 3. The van der Waals surface area contributed by atoms with E-state index in [-0.39, 0.29) is 5.91 Å². The van der Waals surface area contributed by atoms with Gasteiger partial charge in [0.15, 0.2) is 5.76 Å². The molecule has 3 aromatic rings. The quantitative estimate of drug-likeness (QED) is 0.801. The third kappa shape index (κ3) is 2.95. The summed E-state index contributed by atoms with van der Waals surface area (Å²) in [5.74, 6) is 0.542. The summed E-state index contributed by atoms with van der Waals surface area (Å²) in [6.07, 6.45) is 1.60. The van der Waals surface area contributed by atoms with Crippen LogP contribution in [0.5, 0.6) is 0 Å². The molecule has 0 aliphatic heterocycles. The van der Waals surface area contributed by atoms with Crippen molar-refractivity contribution < 1.29 is 9.21 Å². The zero-order valence-corrected chi connectivity index (χ0v) is 14.3. The van der Waals surface area contributed by atoms with E-state index in [9.17, 15) is 4.79 Å². The lowest BCUT2D eigenvalue weighted by Crippen LogP contribution is -2.24. The van der Waals surface area contributed by atoms with Gasteiger partial charge in [-0.3, -0.25) is 9.48 Å². The normalized spacial score (nSPS) is 10.8. The van der Waals surface area contributed by atoms with Crippen LogP contribution >= 0.6 is 0 Å². The molecule has 0 bridgehead atoms. The topological polar surface area (TPSA) is 73.0 Å². The van der Waals surface area contributed by atoms with Crippen molar-refractivity contribution in [2.24, 2.45) is 7.05 Å². The molecule has 1 amide bonds. The van der Waals surface area contributed by atoms with Gasteiger partial charge in [-0.25, -0.2) is 4.98 Å². The first-order valence-corrected chi connectivity index (χ1v) is 7.76. The molecule has 1 N–H and O–H groups in total. The molecule has 3 rings (SSSR count). The Hall–Kier alpha value is -2.89. The molecule has 124 valence electrons. The summed E-state index contributed by atoms with van der Waals surface area (Å²) in [4.78, 5) is 16.9. The van der Waals surface area contributed by atoms with Crippen LogP contribution in [0.1, 0.15) is 33.0 Å². The van der Waals surface area contributed by atoms with Gasteiger partial charge >= 0.3 is 0 Å². The molecule has 3 heterocycles. The third-order valence-corrected chi connectivity index (χ3v) is 4.19. The molecule has 0 aliphatic carbocycles. The number of furan rings is 1. The fourth-order valence-electron chi connectivity index (χ4n) is 2.70. The van der Waals surface area contributed by atoms with E-state index < -0.39 is 0 Å². The predicted octanol–water partition coefficient (Wildman–Crippen LogP) is 2.93. The van der Waals surface area contributed by atoms with Crippen LogP contribution in [0.25, 0.3) is 11.5 Å². The highest BCUT2D eigenvalue weighted by atomic mass is 16.3. The molecular formula is C18H20N4O2. The molecule has 0 atom stereocenters. The zero-order valence-electron chi connectivity index (χ0n) is 14.3. The summed E-state index contributed by atoms with van der Waals surface area (Å²) in [6.45, 7) is 6.21. The number of amides is 1. The highest BCUT2D eigenvalue weighted by Crippen LogP contribution is 2.19. The number of rotatable bonds is 4. The van der Waals surface area contributed by atoms with Gasteiger partial charge in [0.25, 0.3) is 5.91 Å². The van der Waals surface area contributed by atoms with Crippen LogP contribution in [0.4, 0.5) is 0 Å². The average Bonchev–Trinajstić information content (AvgIpc) is 3.15. The predicted molar refractivity (Wildman–Crippen MR) is 90.5 cm³/mol. The molecule has 0 aliphatic rings. The minimum atomic E-state index is -0.145. The van der Waals surface area contributed by atoms with Gasteiger partial charge in [0.1, 0.15) is 5.69 Å². The molecule has 0 saturated carbocycles.